The first-order valence-corrected chi connectivity index (χ1v) is 9.33. The average Bonchev–Trinajstić information content (AvgIpc) is 3.06. The lowest BCUT2D eigenvalue weighted by Gasteiger charge is -2.22. The van der Waals surface area contributed by atoms with E-state index in [-0.39, 0.29) is 12.0 Å². The summed E-state index contributed by atoms with van der Waals surface area (Å²) in [6.45, 7) is 10.3. The van der Waals surface area contributed by atoms with E-state index >= 15 is 0 Å². The fourth-order valence-corrected chi connectivity index (χ4v) is 3.15. The minimum Gasteiger partial charge on any atom is -0.360 e. The number of nitrogens with zero attached hydrogens (tertiary/aromatic N) is 1. The second kappa shape index (κ2) is 9.34. The van der Waals surface area contributed by atoms with E-state index in [1.54, 1.807) is 0 Å². The lowest BCUT2D eigenvalue weighted by molar-refractivity contribution is 0.425. The number of hydrogen-bond acceptors (Lipinski definition) is 2. The van der Waals surface area contributed by atoms with Gasteiger partial charge in [-0.15, -0.1) is 0 Å². The van der Waals surface area contributed by atoms with Crippen molar-refractivity contribution >= 4 is 22.6 Å². The summed E-state index contributed by atoms with van der Waals surface area (Å²) in [5.41, 5.74) is 3.63. The molecule has 26 heavy (non-hydrogen) atoms. The number of allylic oxidation sites excluding steroid dienone is 1. The third-order valence-electron chi connectivity index (χ3n) is 4.78. The van der Waals surface area contributed by atoms with Gasteiger partial charge in [0.05, 0.1) is 5.71 Å². The number of H-pyrrole nitrogens is 1. The monoisotopic (exact) mass is 353 g/mol. The first kappa shape index (κ1) is 19.9. The molecule has 0 aliphatic rings. The van der Waals surface area contributed by atoms with Crippen LogP contribution in [0.1, 0.15) is 45.6 Å². The molecular weight excluding hydrogens is 322 g/mol. The molecule has 0 radical (unpaired) electrons. The van der Waals surface area contributed by atoms with Gasteiger partial charge >= 0.3 is 0 Å². The van der Waals surface area contributed by atoms with Crippen molar-refractivity contribution in [2.75, 3.05) is 7.05 Å². The second-order valence-corrected chi connectivity index (χ2v) is 6.72. The number of para-hydroxylation sites is 1. The van der Waals surface area contributed by atoms with Crippen molar-refractivity contribution in [2.24, 2.45) is 4.99 Å². The lowest BCUT2D eigenvalue weighted by Crippen LogP contribution is -2.39. The maximum Gasteiger partial charge on any atom is 0.215 e. The molecule has 1 aromatic carbocycles. The van der Waals surface area contributed by atoms with E-state index in [1.807, 2.05) is 38.4 Å². The largest absolute Gasteiger partial charge is 0.360 e. The van der Waals surface area contributed by atoms with Crippen LogP contribution in [0, 0.1) is 5.41 Å². The Morgan fingerprint density at radius 3 is 2.54 bits per heavy atom. The number of aliphatic imine (C=N–C) groups is 1. The summed E-state index contributed by atoms with van der Waals surface area (Å²) in [4.78, 5) is 7.83. The molecule has 0 bridgehead atoms. The predicted molar refractivity (Wildman–Crippen MR) is 112 cm³/mol. The highest BCUT2D eigenvalue weighted by Crippen LogP contribution is 2.21. The Balaban J connectivity index is 2.22. The first-order chi connectivity index (χ1) is 12.5. The van der Waals surface area contributed by atoms with Crippen LogP contribution in [0.3, 0.4) is 0 Å². The van der Waals surface area contributed by atoms with Crippen LogP contribution in [0.5, 0.6) is 0 Å². The smallest absolute Gasteiger partial charge is 0.215 e. The summed E-state index contributed by atoms with van der Waals surface area (Å²) < 4.78 is 0. The highest BCUT2D eigenvalue weighted by atomic mass is 15.1. The van der Waals surface area contributed by atoms with Gasteiger partial charge in [-0.1, -0.05) is 38.6 Å². The zero-order valence-electron chi connectivity index (χ0n) is 16.3. The van der Waals surface area contributed by atoms with Gasteiger partial charge < -0.3 is 15.6 Å². The zero-order valence-corrected chi connectivity index (χ0v) is 16.3. The van der Waals surface area contributed by atoms with E-state index in [2.05, 4.69) is 47.1 Å². The van der Waals surface area contributed by atoms with Gasteiger partial charge in [0.1, 0.15) is 0 Å². The van der Waals surface area contributed by atoms with Gasteiger partial charge in [0.15, 0.2) is 0 Å². The van der Waals surface area contributed by atoms with Crippen LogP contribution in [-0.4, -0.2) is 35.8 Å². The molecule has 0 amide bonds. The molecule has 5 heteroatoms. The Morgan fingerprint density at radius 2 is 1.92 bits per heavy atom. The number of hydrogen-bond donors (Lipinski definition) is 4. The molecule has 0 aliphatic carbocycles. The normalized spacial score (nSPS) is 14.2. The summed E-state index contributed by atoms with van der Waals surface area (Å²) in [5.74, 6) is 0.186. The predicted octanol–water partition coefficient (Wildman–Crippen LogP) is 4.22. The molecule has 0 saturated heterocycles. The minimum absolute atomic E-state index is 0.186. The quantitative estimate of drug-likeness (QED) is 0.423. The van der Waals surface area contributed by atoms with Gasteiger partial charge in [0.25, 0.3) is 0 Å². The average molecular weight is 354 g/mol. The fraction of sp³-hybridized carbons (Fsp3) is 0.429. The molecule has 0 saturated carbocycles. The third-order valence-corrected chi connectivity index (χ3v) is 4.78. The number of benzene rings is 1. The van der Waals surface area contributed by atoms with Gasteiger partial charge in [-0.3, -0.25) is 5.41 Å². The van der Waals surface area contributed by atoms with E-state index in [1.165, 1.54) is 0 Å². The summed E-state index contributed by atoms with van der Waals surface area (Å²) in [6.07, 6.45) is 4.93. The van der Waals surface area contributed by atoms with Gasteiger partial charge in [0, 0.05) is 34.7 Å². The van der Waals surface area contributed by atoms with E-state index in [4.69, 9.17) is 5.41 Å². The van der Waals surface area contributed by atoms with Crippen LogP contribution in [-0.2, 0) is 0 Å². The van der Waals surface area contributed by atoms with Crippen molar-refractivity contribution in [1.82, 2.24) is 15.6 Å². The molecule has 0 fully saturated rings. The standard InChI is InChI=1S/C21H31N5/c1-6-15(23-5)12-16(7-2)25-21(22)26-20(14(3)4)18-13-24-19-11-9-8-10-17(18)19/h8-11,13,15-16,23-24H,3,6-7,12H2,1-2,4-5H3,(H2,22,25)/b26-20+/t15-,16+/m0/s1. The Hall–Kier alpha value is -2.40. The minimum atomic E-state index is 0.186. The van der Waals surface area contributed by atoms with E-state index in [0.29, 0.717) is 6.04 Å². The molecule has 0 unspecified atom stereocenters. The SMILES string of the molecule is C=C(C)/C(=N\C(=N)N[C@H](CC)C[C@H](CC)NC)c1c[nH]c2ccccc12. The summed E-state index contributed by atoms with van der Waals surface area (Å²) in [7, 11) is 1.99. The van der Waals surface area contributed by atoms with E-state index in [0.717, 1.165) is 47.0 Å². The Kier molecular flexibility index (Phi) is 7.16. The van der Waals surface area contributed by atoms with Gasteiger partial charge in [-0.25, -0.2) is 4.99 Å². The highest BCUT2D eigenvalue weighted by Gasteiger charge is 2.15. The van der Waals surface area contributed by atoms with Crippen molar-refractivity contribution in [1.29, 1.82) is 5.41 Å². The number of rotatable bonds is 8. The molecule has 0 aliphatic heterocycles. The van der Waals surface area contributed by atoms with Crippen LogP contribution in [0.2, 0.25) is 0 Å². The maximum absolute atomic E-state index is 8.34. The van der Waals surface area contributed by atoms with Gasteiger partial charge in [0.2, 0.25) is 5.96 Å². The van der Waals surface area contributed by atoms with Crippen LogP contribution >= 0.6 is 0 Å². The number of aromatic amines is 1. The first-order valence-electron chi connectivity index (χ1n) is 9.33. The molecule has 1 aromatic heterocycles. The van der Waals surface area contributed by atoms with Crippen molar-refractivity contribution in [3.63, 3.8) is 0 Å². The summed E-state index contributed by atoms with van der Waals surface area (Å²) in [5, 5.41) is 16.0. The molecule has 5 nitrogen and oxygen atoms in total. The van der Waals surface area contributed by atoms with Gasteiger partial charge in [-0.05, 0) is 44.9 Å². The van der Waals surface area contributed by atoms with Crippen molar-refractivity contribution < 1.29 is 0 Å². The maximum atomic E-state index is 8.34. The number of guanidine groups is 1. The number of fused-ring (bicyclic) bond motifs is 1. The van der Waals surface area contributed by atoms with Crippen LogP contribution in [0.15, 0.2) is 47.6 Å². The molecule has 2 rings (SSSR count). The third kappa shape index (κ3) is 4.82. The Morgan fingerprint density at radius 1 is 1.23 bits per heavy atom. The summed E-state index contributed by atoms with van der Waals surface area (Å²) >= 11 is 0. The van der Waals surface area contributed by atoms with Crippen LogP contribution < -0.4 is 10.6 Å². The Labute approximate surface area is 156 Å². The van der Waals surface area contributed by atoms with Crippen molar-refractivity contribution in [3.05, 3.63) is 48.2 Å². The molecule has 140 valence electrons. The molecule has 1 heterocycles. The number of aromatic nitrogens is 1. The van der Waals surface area contributed by atoms with E-state index in [9.17, 15) is 0 Å². The van der Waals surface area contributed by atoms with Gasteiger partial charge in [-0.2, -0.15) is 0 Å². The zero-order chi connectivity index (χ0) is 19.1. The molecular formula is C21H31N5. The Bertz CT molecular complexity index is 783. The fourth-order valence-electron chi connectivity index (χ4n) is 3.15. The second-order valence-electron chi connectivity index (χ2n) is 6.72. The van der Waals surface area contributed by atoms with Crippen LogP contribution in [0.25, 0.3) is 10.9 Å². The molecule has 2 aromatic rings. The van der Waals surface area contributed by atoms with Crippen LogP contribution in [0.4, 0.5) is 0 Å². The molecule has 2 atom stereocenters. The lowest BCUT2D eigenvalue weighted by atomic mass is 10.0. The summed E-state index contributed by atoms with van der Waals surface area (Å²) in [6, 6.07) is 8.77. The molecule has 4 N–H and O–H groups in total. The van der Waals surface area contributed by atoms with Crippen molar-refractivity contribution in [2.45, 2.75) is 52.1 Å². The highest BCUT2D eigenvalue weighted by molar-refractivity contribution is 6.21. The topological polar surface area (TPSA) is 76.1 Å². The van der Waals surface area contributed by atoms with E-state index < -0.39 is 0 Å². The number of nitrogens with one attached hydrogen (secondary N) is 4. The van der Waals surface area contributed by atoms with Crippen molar-refractivity contribution in [3.8, 4) is 0 Å². The molecule has 0 spiro atoms.